The van der Waals surface area contributed by atoms with E-state index < -0.39 is 0 Å². The van der Waals surface area contributed by atoms with Crippen molar-refractivity contribution in [2.24, 2.45) is 0 Å². The molecule has 0 atom stereocenters. The summed E-state index contributed by atoms with van der Waals surface area (Å²) in [5.41, 5.74) is 2.11. The molecule has 2 rings (SSSR count). The number of rotatable bonds is 3. The Labute approximate surface area is 119 Å². The van der Waals surface area contributed by atoms with Crippen molar-refractivity contribution in [3.63, 3.8) is 0 Å². The molecular weight excluding hydrogens is 267 g/mol. The molecule has 1 aromatic rings. The van der Waals surface area contributed by atoms with Gasteiger partial charge in [0.05, 0.1) is 10.7 Å². The van der Waals surface area contributed by atoms with E-state index >= 15 is 0 Å². The van der Waals surface area contributed by atoms with Crippen LogP contribution < -0.4 is 10.2 Å². The fourth-order valence-electron chi connectivity index (χ4n) is 2.49. The van der Waals surface area contributed by atoms with Crippen LogP contribution in [-0.2, 0) is 0 Å². The number of nitrogens with zero attached hydrogens (tertiary/aromatic N) is 1. The summed E-state index contributed by atoms with van der Waals surface area (Å²) >= 11 is 12.5. The molecule has 0 unspecified atom stereocenters. The zero-order chi connectivity index (χ0) is 13.1. The Morgan fingerprint density at radius 2 is 1.89 bits per heavy atom. The van der Waals surface area contributed by atoms with Crippen molar-refractivity contribution >= 4 is 28.9 Å². The lowest BCUT2D eigenvalue weighted by molar-refractivity contribution is 0.424. The third-order valence-electron chi connectivity index (χ3n) is 3.56. The first kappa shape index (κ1) is 14.0. The molecule has 1 aliphatic heterocycles. The second-order valence-electron chi connectivity index (χ2n) is 4.87. The van der Waals surface area contributed by atoms with Crippen LogP contribution in [0.1, 0.15) is 25.3 Å². The minimum Gasteiger partial charge on any atom is -0.370 e. The van der Waals surface area contributed by atoms with Gasteiger partial charge in [0.25, 0.3) is 0 Å². The third-order valence-corrected chi connectivity index (χ3v) is 4.27. The Morgan fingerprint density at radius 3 is 2.50 bits per heavy atom. The normalized spacial score (nSPS) is 17.2. The van der Waals surface area contributed by atoms with E-state index in [0.717, 1.165) is 53.8 Å². The maximum atomic E-state index is 6.32. The van der Waals surface area contributed by atoms with Crippen molar-refractivity contribution < 1.29 is 0 Å². The van der Waals surface area contributed by atoms with Crippen LogP contribution in [0, 0.1) is 6.92 Å². The molecular formula is C14H20Cl2N2. The fraction of sp³-hybridized carbons (Fsp3) is 0.571. The van der Waals surface area contributed by atoms with Gasteiger partial charge in [-0.2, -0.15) is 0 Å². The number of anilines is 1. The van der Waals surface area contributed by atoms with Crippen LogP contribution in [0.4, 0.5) is 5.69 Å². The summed E-state index contributed by atoms with van der Waals surface area (Å²) in [4.78, 5) is 2.33. The van der Waals surface area contributed by atoms with Gasteiger partial charge in [-0.25, -0.2) is 0 Å². The van der Waals surface area contributed by atoms with Gasteiger partial charge >= 0.3 is 0 Å². The molecule has 1 N–H and O–H groups in total. The molecule has 2 nitrogen and oxygen atoms in total. The van der Waals surface area contributed by atoms with Crippen molar-refractivity contribution in [1.29, 1.82) is 0 Å². The van der Waals surface area contributed by atoms with Gasteiger partial charge in [0.1, 0.15) is 0 Å². The molecule has 1 fully saturated rings. The van der Waals surface area contributed by atoms with Crippen molar-refractivity contribution in [2.45, 2.75) is 32.7 Å². The summed E-state index contributed by atoms with van der Waals surface area (Å²) in [5, 5.41) is 5.10. The number of benzene rings is 1. The van der Waals surface area contributed by atoms with Gasteiger partial charge in [-0.1, -0.05) is 30.1 Å². The summed E-state index contributed by atoms with van der Waals surface area (Å²) in [7, 11) is 0. The molecule has 0 spiro atoms. The lowest BCUT2D eigenvalue weighted by Gasteiger charge is -2.34. The van der Waals surface area contributed by atoms with Gasteiger partial charge in [0.2, 0.25) is 0 Å². The number of halogens is 2. The maximum absolute atomic E-state index is 6.32. The molecule has 1 heterocycles. The third kappa shape index (κ3) is 3.11. The number of nitrogens with one attached hydrogen (secondary N) is 1. The molecule has 18 heavy (non-hydrogen) atoms. The first-order valence-corrected chi connectivity index (χ1v) is 7.31. The number of aryl methyl sites for hydroxylation is 1. The lowest BCUT2D eigenvalue weighted by atomic mass is 10.0. The van der Waals surface area contributed by atoms with E-state index in [4.69, 9.17) is 23.2 Å². The van der Waals surface area contributed by atoms with Gasteiger partial charge in [0, 0.05) is 24.2 Å². The summed E-state index contributed by atoms with van der Waals surface area (Å²) < 4.78 is 0. The highest BCUT2D eigenvalue weighted by atomic mass is 35.5. The van der Waals surface area contributed by atoms with Crippen LogP contribution >= 0.6 is 23.2 Å². The van der Waals surface area contributed by atoms with E-state index in [-0.39, 0.29) is 0 Å². The Bertz CT molecular complexity index is 413. The standard InChI is InChI=1S/C14H20Cl2N2/c1-3-17-11-4-6-18(7-5-11)14-9-12(15)10(2)8-13(14)16/h8-9,11,17H,3-7H2,1-2H3. The molecule has 0 bridgehead atoms. The summed E-state index contributed by atoms with van der Waals surface area (Å²) in [6.45, 7) is 7.26. The van der Waals surface area contributed by atoms with E-state index in [1.807, 2.05) is 19.1 Å². The van der Waals surface area contributed by atoms with Gasteiger partial charge in [-0.3, -0.25) is 0 Å². The molecule has 0 aliphatic carbocycles. The average Bonchev–Trinajstić information content (AvgIpc) is 2.35. The predicted octanol–water partition coefficient (Wildman–Crippen LogP) is 3.88. The zero-order valence-corrected chi connectivity index (χ0v) is 12.5. The first-order valence-electron chi connectivity index (χ1n) is 6.55. The van der Waals surface area contributed by atoms with Gasteiger partial charge < -0.3 is 10.2 Å². The van der Waals surface area contributed by atoms with Crippen molar-refractivity contribution in [3.05, 3.63) is 27.7 Å². The largest absolute Gasteiger partial charge is 0.370 e. The maximum Gasteiger partial charge on any atom is 0.0643 e. The predicted molar refractivity (Wildman–Crippen MR) is 80.1 cm³/mol. The highest BCUT2D eigenvalue weighted by molar-refractivity contribution is 6.35. The zero-order valence-electron chi connectivity index (χ0n) is 11.0. The number of piperidine rings is 1. The molecule has 1 saturated heterocycles. The Hall–Kier alpha value is -0.440. The Morgan fingerprint density at radius 1 is 1.22 bits per heavy atom. The van der Waals surface area contributed by atoms with E-state index in [1.54, 1.807) is 0 Å². The second-order valence-corrected chi connectivity index (χ2v) is 5.69. The molecule has 0 amide bonds. The first-order chi connectivity index (χ1) is 8.61. The summed E-state index contributed by atoms with van der Waals surface area (Å²) in [6.07, 6.45) is 2.32. The van der Waals surface area contributed by atoms with Gasteiger partial charge in [-0.05, 0) is 44.0 Å². The van der Waals surface area contributed by atoms with E-state index in [0.29, 0.717) is 6.04 Å². The number of hydrogen-bond donors (Lipinski definition) is 1. The van der Waals surface area contributed by atoms with E-state index in [9.17, 15) is 0 Å². The van der Waals surface area contributed by atoms with E-state index in [2.05, 4.69) is 17.1 Å². The molecule has 100 valence electrons. The molecule has 0 aromatic heterocycles. The van der Waals surface area contributed by atoms with E-state index in [1.165, 1.54) is 0 Å². The molecule has 0 radical (unpaired) electrons. The lowest BCUT2D eigenvalue weighted by Crippen LogP contribution is -2.42. The number of hydrogen-bond acceptors (Lipinski definition) is 2. The van der Waals surface area contributed by atoms with Crippen LogP contribution in [0.2, 0.25) is 10.0 Å². The molecule has 0 saturated carbocycles. The fourth-order valence-corrected chi connectivity index (χ4v) is 2.99. The summed E-state index contributed by atoms with van der Waals surface area (Å²) in [5.74, 6) is 0. The van der Waals surface area contributed by atoms with Crippen LogP contribution in [0.5, 0.6) is 0 Å². The monoisotopic (exact) mass is 286 g/mol. The van der Waals surface area contributed by atoms with Crippen molar-refractivity contribution in [2.75, 3.05) is 24.5 Å². The van der Waals surface area contributed by atoms with Crippen LogP contribution in [-0.4, -0.2) is 25.7 Å². The molecule has 4 heteroatoms. The average molecular weight is 287 g/mol. The SMILES string of the molecule is CCNC1CCN(c2cc(Cl)c(C)cc2Cl)CC1. The van der Waals surface area contributed by atoms with Crippen LogP contribution in [0.15, 0.2) is 12.1 Å². The summed E-state index contributed by atoms with van der Waals surface area (Å²) in [6, 6.07) is 4.59. The molecule has 1 aromatic carbocycles. The van der Waals surface area contributed by atoms with Gasteiger partial charge in [-0.15, -0.1) is 0 Å². The second kappa shape index (κ2) is 6.14. The van der Waals surface area contributed by atoms with Crippen LogP contribution in [0.25, 0.3) is 0 Å². The highest BCUT2D eigenvalue weighted by Gasteiger charge is 2.20. The topological polar surface area (TPSA) is 15.3 Å². The minimum absolute atomic E-state index is 0.644. The highest BCUT2D eigenvalue weighted by Crippen LogP contribution is 2.33. The van der Waals surface area contributed by atoms with Crippen molar-refractivity contribution in [3.8, 4) is 0 Å². The Balaban J connectivity index is 2.07. The van der Waals surface area contributed by atoms with Crippen molar-refractivity contribution in [1.82, 2.24) is 5.32 Å². The van der Waals surface area contributed by atoms with Crippen LogP contribution in [0.3, 0.4) is 0 Å². The van der Waals surface area contributed by atoms with Gasteiger partial charge in [0.15, 0.2) is 0 Å². The quantitative estimate of drug-likeness (QED) is 0.907. The molecule has 1 aliphatic rings. The Kier molecular flexibility index (Phi) is 4.77. The smallest absolute Gasteiger partial charge is 0.0643 e. The minimum atomic E-state index is 0.644.